The van der Waals surface area contributed by atoms with Gasteiger partial charge in [-0.15, -0.1) is 11.6 Å². The second-order valence-electron chi connectivity index (χ2n) is 11.2. The van der Waals surface area contributed by atoms with Gasteiger partial charge in [-0.3, -0.25) is 24.0 Å². The van der Waals surface area contributed by atoms with E-state index >= 15 is 0 Å². The predicted molar refractivity (Wildman–Crippen MR) is 138 cm³/mol. The highest BCUT2D eigenvalue weighted by molar-refractivity contribution is 6.23. The smallest absolute Gasteiger partial charge is 0.312 e. The van der Waals surface area contributed by atoms with E-state index in [2.05, 4.69) is 13.2 Å². The number of carbonyl (C=O) groups is 5. The molecule has 0 radical (unpaired) electrons. The average Bonchev–Trinajstić information content (AvgIpc) is 3.09. The second kappa shape index (κ2) is 10.5. The molecule has 0 N–H and O–H groups in total. The summed E-state index contributed by atoms with van der Waals surface area (Å²) < 4.78 is 36.0. The van der Waals surface area contributed by atoms with E-state index in [4.69, 9.17) is 40.0 Å². The zero-order valence-corrected chi connectivity index (χ0v) is 24.1. The van der Waals surface area contributed by atoms with Crippen LogP contribution in [-0.4, -0.2) is 77.4 Å². The van der Waals surface area contributed by atoms with Crippen molar-refractivity contribution < 1.29 is 52.4 Å². The minimum Gasteiger partial charge on any atom is -0.462 e. The normalized spacial score (nSPS) is 42.3. The van der Waals surface area contributed by atoms with E-state index in [-0.39, 0.29) is 12.0 Å². The highest BCUT2D eigenvalue weighted by Crippen LogP contribution is 2.61. The highest BCUT2D eigenvalue weighted by Gasteiger charge is 2.75. The Morgan fingerprint density at radius 1 is 0.925 bits per heavy atom. The molecule has 1 aliphatic carbocycles. The Balaban J connectivity index is 2.11. The summed E-state index contributed by atoms with van der Waals surface area (Å²) in [4.78, 5) is 63.2. The lowest BCUT2D eigenvalue weighted by Crippen LogP contribution is -2.75. The van der Waals surface area contributed by atoms with Crippen LogP contribution in [0.2, 0.25) is 0 Å². The number of halogens is 1. The molecule has 11 nitrogen and oxygen atoms in total. The molecule has 12 heteroatoms. The molecule has 220 valence electrons. The number of esters is 5. The quantitative estimate of drug-likeness (QED) is 0.209. The maximum Gasteiger partial charge on any atom is 0.312 e. The number of alkyl halides is 1. The first-order chi connectivity index (χ1) is 18.6. The van der Waals surface area contributed by atoms with Gasteiger partial charge in [0.2, 0.25) is 0 Å². The first-order valence-corrected chi connectivity index (χ1v) is 13.6. The number of hydrogen-bond acceptors (Lipinski definition) is 11. The number of ether oxygens (including phenoxy) is 6. The number of fused-ring (bicyclic) bond motifs is 2. The van der Waals surface area contributed by atoms with Gasteiger partial charge < -0.3 is 28.4 Å². The van der Waals surface area contributed by atoms with E-state index in [0.29, 0.717) is 12.0 Å². The fraction of sp³-hybridized carbons (Fsp3) is 0.679. The van der Waals surface area contributed by atoms with Crippen molar-refractivity contribution in [2.24, 2.45) is 17.3 Å². The molecule has 1 saturated carbocycles. The van der Waals surface area contributed by atoms with Crippen LogP contribution in [0.15, 0.2) is 24.3 Å². The highest BCUT2D eigenvalue weighted by atomic mass is 35.5. The van der Waals surface area contributed by atoms with E-state index in [1.807, 2.05) is 0 Å². The number of hydrogen-bond donors (Lipinski definition) is 0. The maximum atomic E-state index is 13.1. The van der Waals surface area contributed by atoms with Crippen LogP contribution in [0.5, 0.6) is 0 Å². The summed E-state index contributed by atoms with van der Waals surface area (Å²) in [7, 11) is 0. The van der Waals surface area contributed by atoms with Gasteiger partial charge in [-0.1, -0.05) is 25.7 Å². The Kier molecular flexibility index (Phi) is 7.87. The lowest BCUT2D eigenvalue weighted by atomic mass is 9.53. The molecule has 3 aliphatic heterocycles. The molecule has 1 spiro atoms. The van der Waals surface area contributed by atoms with Crippen LogP contribution < -0.4 is 0 Å². The third-order valence-electron chi connectivity index (χ3n) is 8.72. The fourth-order valence-electron chi connectivity index (χ4n) is 7.12. The van der Waals surface area contributed by atoms with Gasteiger partial charge in [0.1, 0.15) is 18.3 Å². The van der Waals surface area contributed by atoms with Crippen LogP contribution in [0.25, 0.3) is 0 Å². The molecule has 0 aromatic heterocycles. The Morgan fingerprint density at radius 2 is 1.48 bits per heavy atom. The monoisotopic (exact) mass is 582 g/mol. The van der Waals surface area contributed by atoms with Crippen LogP contribution in [-0.2, 0) is 52.4 Å². The Hall–Kier alpha value is -2.92. The minimum atomic E-state index is -1.69. The zero-order valence-electron chi connectivity index (χ0n) is 23.4. The lowest BCUT2D eigenvalue weighted by Gasteiger charge is -2.61. The summed E-state index contributed by atoms with van der Waals surface area (Å²) >= 11 is 6.89. The fourth-order valence-corrected chi connectivity index (χ4v) is 7.49. The SMILES string of the molecule is C=C1CC[C@H](OC(C)=O)[C@@]2(C)[C@H]1[C@H](OC(C)=O)[C@@]13O[C@@H](C(=C)[C@H](Cl)[C@@H]1OC(=O)[C@@H]3C)[C@@H](OC(C)=O)[C@@H]2OC(C)=O. The summed E-state index contributed by atoms with van der Waals surface area (Å²) in [6.45, 7) is 16.4. The van der Waals surface area contributed by atoms with E-state index < -0.39 is 94.7 Å². The minimum absolute atomic E-state index is 0.204. The molecule has 0 amide bonds. The van der Waals surface area contributed by atoms with E-state index in [0.717, 1.165) is 0 Å². The molecule has 0 aromatic carbocycles. The Labute approximate surface area is 237 Å². The molecule has 4 rings (SSSR count). The van der Waals surface area contributed by atoms with Crippen molar-refractivity contribution in [3.63, 3.8) is 0 Å². The molecular weight excluding hydrogens is 548 g/mol. The van der Waals surface area contributed by atoms with Crippen LogP contribution >= 0.6 is 11.6 Å². The summed E-state index contributed by atoms with van der Waals surface area (Å²) in [5.41, 5.74) is -2.33. The third-order valence-corrected chi connectivity index (χ3v) is 9.23. The van der Waals surface area contributed by atoms with E-state index in [1.54, 1.807) is 13.8 Å². The Bertz CT molecular complexity index is 1160. The zero-order chi connectivity index (χ0) is 29.9. The average molecular weight is 583 g/mol. The summed E-state index contributed by atoms with van der Waals surface area (Å²) in [6, 6.07) is 0. The van der Waals surface area contributed by atoms with Crippen molar-refractivity contribution in [2.45, 2.75) is 102 Å². The molecule has 4 fully saturated rings. The summed E-state index contributed by atoms with van der Waals surface area (Å²) in [6.07, 6.45) is -6.58. The van der Waals surface area contributed by atoms with Crippen LogP contribution in [0.3, 0.4) is 0 Å². The third kappa shape index (κ3) is 4.51. The van der Waals surface area contributed by atoms with E-state index in [9.17, 15) is 24.0 Å². The molecule has 3 heterocycles. The van der Waals surface area contributed by atoms with Gasteiger partial charge in [0.25, 0.3) is 0 Å². The second-order valence-corrected chi connectivity index (χ2v) is 11.7. The van der Waals surface area contributed by atoms with Crippen molar-refractivity contribution in [3.05, 3.63) is 24.3 Å². The molecule has 3 saturated heterocycles. The van der Waals surface area contributed by atoms with Gasteiger partial charge in [-0.2, -0.15) is 0 Å². The molecule has 11 atom stereocenters. The lowest BCUT2D eigenvalue weighted by molar-refractivity contribution is -0.294. The largest absolute Gasteiger partial charge is 0.462 e. The van der Waals surface area contributed by atoms with Gasteiger partial charge in [-0.25, -0.2) is 0 Å². The van der Waals surface area contributed by atoms with Gasteiger partial charge in [-0.05, 0) is 25.3 Å². The van der Waals surface area contributed by atoms with Crippen LogP contribution in [0.1, 0.15) is 54.4 Å². The van der Waals surface area contributed by atoms with Gasteiger partial charge in [0.05, 0.1) is 16.7 Å². The summed E-state index contributed by atoms with van der Waals surface area (Å²) in [5.74, 6) is -5.30. The van der Waals surface area contributed by atoms with Gasteiger partial charge in [0, 0.05) is 33.6 Å². The van der Waals surface area contributed by atoms with E-state index in [1.165, 1.54) is 27.7 Å². The van der Waals surface area contributed by atoms with Crippen molar-refractivity contribution >= 4 is 41.4 Å². The van der Waals surface area contributed by atoms with Crippen molar-refractivity contribution in [1.29, 1.82) is 0 Å². The van der Waals surface area contributed by atoms with Crippen molar-refractivity contribution in [3.8, 4) is 0 Å². The van der Waals surface area contributed by atoms with Crippen LogP contribution in [0.4, 0.5) is 0 Å². The standard InChI is InChI=1S/C28H35ClO11/c1-11-9-10-18(35-14(4)30)27(8)19(11)23(37-16(6)32)28-13(3)26(34)39-24(28)20(29)12(2)21(40-28)22(36-15(5)31)25(27)38-17(7)33/h13,18-25H,1-2,9-10H2,3-8H3/t13-,18-,19+,20-,21-,22+,23-,24-,25-,27-,28+/m0/s1. The van der Waals surface area contributed by atoms with Gasteiger partial charge >= 0.3 is 29.8 Å². The van der Waals surface area contributed by atoms with Crippen LogP contribution in [0, 0.1) is 17.3 Å². The summed E-state index contributed by atoms with van der Waals surface area (Å²) in [5, 5.41) is -1.05. The Morgan fingerprint density at radius 3 is 2.02 bits per heavy atom. The molecule has 0 unspecified atom stereocenters. The predicted octanol–water partition coefficient (Wildman–Crippen LogP) is 2.56. The number of rotatable bonds is 4. The first-order valence-electron chi connectivity index (χ1n) is 13.1. The molecule has 2 bridgehead atoms. The molecule has 40 heavy (non-hydrogen) atoms. The molecular formula is C28H35ClO11. The molecule has 4 aliphatic rings. The molecule has 0 aromatic rings. The van der Waals surface area contributed by atoms with Gasteiger partial charge in [0.15, 0.2) is 23.9 Å². The van der Waals surface area contributed by atoms with Crippen molar-refractivity contribution in [2.75, 3.05) is 0 Å². The van der Waals surface area contributed by atoms with Crippen molar-refractivity contribution in [1.82, 2.24) is 0 Å². The first kappa shape index (κ1) is 30.0. The topological polar surface area (TPSA) is 141 Å². The maximum absolute atomic E-state index is 13.1. The number of carbonyl (C=O) groups excluding carboxylic acids is 5.